The van der Waals surface area contributed by atoms with Crippen molar-refractivity contribution in [2.75, 3.05) is 20.8 Å². The molecule has 0 amide bonds. The molecule has 0 aliphatic heterocycles. The number of hydrogen-bond donors (Lipinski definition) is 1. The highest BCUT2D eigenvalue weighted by Crippen LogP contribution is 2.44. The first kappa shape index (κ1) is 18.3. The number of ether oxygens (including phenoxy) is 2. The van der Waals surface area contributed by atoms with Crippen LogP contribution in [-0.2, 0) is 16.6 Å². The van der Waals surface area contributed by atoms with E-state index in [2.05, 4.69) is 10.8 Å². The van der Waals surface area contributed by atoms with Gasteiger partial charge >= 0.3 is 0 Å². The van der Waals surface area contributed by atoms with Gasteiger partial charge in [-0.1, -0.05) is 0 Å². The van der Waals surface area contributed by atoms with Crippen molar-refractivity contribution in [1.82, 2.24) is 14.5 Å². The predicted octanol–water partition coefficient (Wildman–Crippen LogP) is 2.63. The summed E-state index contributed by atoms with van der Waals surface area (Å²) in [5.41, 5.74) is 2.41. The third-order valence-electron chi connectivity index (χ3n) is 5.10. The molecule has 1 aromatic heterocycles. The fourth-order valence-corrected chi connectivity index (χ4v) is 4.48. The van der Waals surface area contributed by atoms with Crippen LogP contribution >= 0.6 is 0 Å². The molecule has 1 N–H and O–H groups in total. The average molecular weight is 391 g/mol. The summed E-state index contributed by atoms with van der Waals surface area (Å²) in [6.07, 6.45) is 4.82. The first-order valence-electron chi connectivity index (χ1n) is 9.31. The molecule has 2 saturated carbocycles. The van der Waals surface area contributed by atoms with Gasteiger partial charge in [0, 0.05) is 30.1 Å². The maximum Gasteiger partial charge on any atom is 0.244 e. The number of hydrogen-bond acceptors (Lipinski definition) is 5. The number of sulfonamides is 1. The molecule has 0 bridgehead atoms. The Kier molecular flexibility index (Phi) is 4.86. The van der Waals surface area contributed by atoms with Gasteiger partial charge in [0.15, 0.2) is 0 Å². The second kappa shape index (κ2) is 7.16. The van der Waals surface area contributed by atoms with Gasteiger partial charge in [0.2, 0.25) is 10.0 Å². The molecule has 2 fully saturated rings. The molecular weight excluding hydrogens is 366 g/mol. The van der Waals surface area contributed by atoms with Crippen molar-refractivity contribution in [3.8, 4) is 11.5 Å². The van der Waals surface area contributed by atoms with Crippen molar-refractivity contribution in [3.63, 3.8) is 0 Å². The number of nitrogens with one attached hydrogen (secondary N) is 1. The molecule has 0 unspecified atom stereocenters. The van der Waals surface area contributed by atoms with Gasteiger partial charge in [-0.05, 0) is 43.9 Å². The molecule has 4 rings (SSSR count). The van der Waals surface area contributed by atoms with Crippen LogP contribution in [-0.4, -0.2) is 39.0 Å². The summed E-state index contributed by atoms with van der Waals surface area (Å²) in [5.74, 6) is 1.94. The summed E-state index contributed by atoms with van der Waals surface area (Å²) in [5, 5.41) is 4.72. The number of benzene rings is 1. The lowest BCUT2D eigenvalue weighted by Crippen LogP contribution is -2.28. The van der Waals surface area contributed by atoms with Crippen LogP contribution in [0.1, 0.15) is 48.9 Å². The molecule has 1 aromatic carbocycles. The standard InChI is InChI=1S/C19H25N3O4S/c1-25-15-7-8-18(26-2)19(11-15)27(23,24)20-9-10-22-17(14-5-6-14)12-16(21-22)13-3-4-13/h7-8,11-14,20H,3-6,9-10H2,1-2H3. The van der Waals surface area contributed by atoms with Gasteiger partial charge in [-0.25, -0.2) is 13.1 Å². The van der Waals surface area contributed by atoms with Crippen LogP contribution in [0.2, 0.25) is 0 Å². The smallest absolute Gasteiger partial charge is 0.244 e. The van der Waals surface area contributed by atoms with Crippen LogP contribution in [0.25, 0.3) is 0 Å². The average Bonchev–Trinajstić information content (AvgIpc) is 3.59. The maximum absolute atomic E-state index is 12.7. The van der Waals surface area contributed by atoms with E-state index < -0.39 is 10.0 Å². The molecule has 0 spiro atoms. The van der Waals surface area contributed by atoms with Crippen molar-refractivity contribution in [2.24, 2.45) is 0 Å². The van der Waals surface area contributed by atoms with Gasteiger partial charge < -0.3 is 9.47 Å². The van der Waals surface area contributed by atoms with Crippen LogP contribution in [0.3, 0.4) is 0 Å². The number of nitrogens with zero attached hydrogens (tertiary/aromatic N) is 2. The summed E-state index contributed by atoms with van der Waals surface area (Å²) in [6.45, 7) is 0.790. The molecule has 8 heteroatoms. The van der Waals surface area contributed by atoms with E-state index in [0.29, 0.717) is 24.1 Å². The van der Waals surface area contributed by atoms with Gasteiger partial charge in [0.25, 0.3) is 0 Å². The monoisotopic (exact) mass is 391 g/mol. The Hall–Kier alpha value is -2.06. The zero-order valence-corrected chi connectivity index (χ0v) is 16.5. The molecule has 2 aliphatic rings. The van der Waals surface area contributed by atoms with E-state index in [1.807, 2.05) is 4.68 Å². The van der Waals surface area contributed by atoms with Crippen LogP contribution in [0.15, 0.2) is 29.2 Å². The van der Waals surface area contributed by atoms with E-state index >= 15 is 0 Å². The number of aromatic nitrogens is 2. The van der Waals surface area contributed by atoms with Gasteiger partial charge in [0.1, 0.15) is 16.4 Å². The summed E-state index contributed by atoms with van der Waals surface area (Å²) >= 11 is 0. The number of rotatable bonds is 9. The van der Waals surface area contributed by atoms with Crippen LogP contribution < -0.4 is 14.2 Å². The first-order valence-corrected chi connectivity index (χ1v) is 10.8. The van der Waals surface area contributed by atoms with E-state index in [9.17, 15) is 8.42 Å². The van der Waals surface area contributed by atoms with Crippen molar-refractivity contribution in [2.45, 2.75) is 49.0 Å². The Labute approximate surface area is 159 Å². The largest absolute Gasteiger partial charge is 0.497 e. The molecule has 0 saturated heterocycles. The first-order chi connectivity index (χ1) is 13.0. The summed E-state index contributed by atoms with van der Waals surface area (Å²) in [4.78, 5) is 0.0749. The van der Waals surface area contributed by atoms with E-state index in [4.69, 9.17) is 14.6 Å². The highest BCUT2D eigenvalue weighted by molar-refractivity contribution is 7.89. The third kappa shape index (κ3) is 3.96. The Balaban J connectivity index is 1.47. The molecule has 7 nitrogen and oxygen atoms in total. The third-order valence-corrected chi connectivity index (χ3v) is 6.58. The molecule has 2 aliphatic carbocycles. The molecule has 0 radical (unpaired) electrons. The molecule has 1 heterocycles. The molecule has 0 atom stereocenters. The minimum absolute atomic E-state index is 0.0749. The zero-order valence-electron chi connectivity index (χ0n) is 15.6. The van der Waals surface area contributed by atoms with Crippen molar-refractivity contribution >= 4 is 10.0 Å². The lowest BCUT2D eigenvalue weighted by molar-refractivity contribution is 0.392. The summed E-state index contributed by atoms with van der Waals surface area (Å²) in [7, 11) is -0.766. The topological polar surface area (TPSA) is 82.5 Å². The van der Waals surface area contributed by atoms with Gasteiger partial charge in [-0.2, -0.15) is 5.10 Å². The Bertz CT molecular complexity index is 930. The van der Waals surface area contributed by atoms with Crippen LogP contribution in [0, 0.1) is 0 Å². The van der Waals surface area contributed by atoms with Crippen LogP contribution in [0.5, 0.6) is 11.5 Å². The van der Waals surface area contributed by atoms with Gasteiger partial charge in [-0.3, -0.25) is 4.68 Å². The molecule has 146 valence electrons. The van der Waals surface area contributed by atoms with Gasteiger partial charge in [-0.15, -0.1) is 0 Å². The Morgan fingerprint density at radius 1 is 1.11 bits per heavy atom. The SMILES string of the molecule is COc1ccc(OC)c(S(=O)(=O)NCCn2nc(C3CC3)cc2C2CC2)c1. The second-order valence-electron chi connectivity index (χ2n) is 7.18. The summed E-state index contributed by atoms with van der Waals surface area (Å²) in [6, 6.07) is 6.95. The van der Waals surface area contributed by atoms with E-state index in [-0.39, 0.29) is 17.2 Å². The normalized spacial score (nSPS) is 17.1. The number of methoxy groups -OCH3 is 2. The molecule has 2 aromatic rings. The Morgan fingerprint density at radius 2 is 1.85 bits per heavy atom. The fraction of sp³-hybridized carbons (Fsp3) is 0.526. The highest BCUT2D eigenvalue weighted by atomic mass is 32.2. The van der Waals surface area contributed by atoms with E-state index in [1.54, 1.807) is 12.1 Å². The zero-order chi connectivity index (χ0) is 19.0. The van der Waals surface area contributed by atoms with E-state index in [1.165, 1.54) is 51.7 Å². The lowest BCUT2D eigenvalue weighted by Gasteiger charge is -2.13. The lowest BCUT2D eigenvalue weighted by atomic mass is 10.2. The predicted molar refractivity (Wildman–Crippen MR) is 101 cm³/mol. The highest BCUT2D eigenvalue weighted by Gasteiger charge is 2.32. The van der Waals surface area contributed by atoms with E-state index in [0.717, 1.165) is 5.69 Å². The van der Waals surface area contributed by atoms with Crippen molar-refractivity contribution < 1.29 is 17.9 Å². The quantitative estimate of drug-likeness (QED) is 0.711. The minimum atomic E-state index is -3.72. The molecule has 27 heavy (non-hydrogen) atoms. The maximum atomic E-state index is 12.7. The van der Waals surface area contributed by atoms with Gasteiger partial charge in [0.05, 0.1) is 26.5 Å². The molecular formula is C19H25N3O4S. The minimum Gasteiger partial charge on any atom is -0.497 e. The summed E-state index contributed by atoms with van der Waals surface area (Å²) < 4.78 is 40.5. The fourth-order valence-electron chi connectivity index (χ4n) is 3.28. The second-order valence-corrected chi connectivity index (χ2v) is 8.92. The van der Waals surface area contributed by atoms with Crippen molar-refractivity contribution in [3.05, 3.63) is 35.7 Å². The van der Waals surface area contributed by atoms with Crippen LogP contribution in [0.4, 0.5) is 0 Å². The Morgan fingerprint density at radius 3 is 2.48 bits per heavy atom. The van der Waals surface area contributed by atoms with Crippen molar-refractivity contribution in [1.29, 1.82) is 0 Å².